The summed E-state index contributed by atoms with van der Waals surface area (Å²) in [5, 5.41) is 0. The minimum atomic E-state index is 1.15. The van der Waals surface area contributed by atoms with Crippen molar-refractivity contribution in [2.75, 3.05) is 0 Å². The van der Waals surface area contributed by atoms with Crippen molar-refractivity contribution in [1.82, 2.24) is 0 Å². The van der Waals surface area contributed by atoms with Crippen LogP contribution in [0.25, 0.3) is 0 Å². The number of rotatable bonds is 0. The van der Waals surface area contributed by atoms with Gasteiger partial charge in [-0.1, -0.05) is 23.8 Å². The van der Waals surface area contributed by atoms with Crippen molar-refractivity contribution in [3.8, 4) is 0 Å². The van der Waals surface area contributed by atoms with E-state index in [2.05, 4.69) is 25.2 Å². The molecule has 0 aliphatic heterocycles. The molecule has 0 aromatic heterocycles. The molecule has 1 rings (SSSR count). The summed E-state index contributed by atoms with van der Waals surface area (Å²) in [5.41, 5.74) is 1.25. The average Bonchev–Trinajstić information content (AvgIpc) is 1.69. The van der Waals surface area contributed by atoms with E-state index in [0.717, 1.165) is 6.42 Å². The van der Waals surface area contributed by atoms with Gasteiger partial charge in [0.1, 0.15) is 0 Å². The molecule has 0 saturated carbocycles. The Balaban J connectivity index is 2.57. The molecule has 0 heteroatoms. The summed E-state index contributed by atoms with van der Waals surface area (Å²) < 4.78 is 0. The van der Waals surface area contributed by atoms with Crippen LogP contribution in [0.15, 0.2) is 23.8 Å². The fourth-order valence-electron chi connectivity index (χ4n) is 0.652. The molecule has 0 fully saturated rings. The first-order valence-corrected chi connectivity index (χ1v) is 2.57. The van der Waals surface area contributed by atoms with Gasteiger partial charge in [0.25, 0.3) is 0 Å². The molecule has 0 nitrogen and oxygen atoms in total. The average molecular weight is 93.1 g/mol. The lowest BCUT2D eigenvalue weighted by Crippen LogP contribution is -1.78. The van der Waals surface area contributed by atoms with Crippen LogP contribution in [-0.4, -0.2) is 0 Å². The van der Waals surface area contributed by atoms with E-state index in [4.69, 9.17) is 0 Å². The van der Waals surface area contributed by atoms with E-state index < -0.39 is 0 Å². The molecule has 0 aromatic carbocycles. The largest absolute Gasteiger partial charge is 0.0842 e. The lowest BCUT2D eigenvalue weighted by Gasteiger charge is -1.98. The quantitative estimate of drug-likeness (QED) is 0.430. The monoisotopic (exact) mass is 93.1 g/mol. The predicted octanol–water partition coefficient (Wildman–Crippen LogP) is 2.10. The minimum absolute atomic E-state index is 1.15. The van der Waals surface area contributed by atoms with E-state index in [0.29, 0.717) is 0 Å². The Morgan fingerprint density at radius 2 is 2.43 bits per heavy atom. The van der Waals surface area contributed by atoms with E-state index in [9.17, 15) is 0 Å². The Hall–Kier alpha value is -0.520. The molecule has 0 saturated heterocycles. The fraction of sp³-hybridized carbons (Fsp3) is 0.286. The maximum Gasteiger partial charge on any atom is -0.0280 e. The molecule has 7 heavy (non-hydrogen) atoms. The van der Waals surface area contributed by atoms with Crippen molar-refractivity contribution in [3.05, 3.63) is 30.7 Å². The summed E-state index contributed by atoms with van der Waals surface area (Å²) in [7, 11) is 0. The van der Waals surface area contributed by atoms with E-state index in [1.807, 2.05) is 0 Å². The highest BCUT2D eigenvalue weighted by molar-refractivity contribution is 5.19. The van der Waals surface area contributed by atoms with Gasteiger partial charge < -0.3 is 0 Å². The van der Waals surface area contributed by atoms with E-state index >= 15 is 0 Å². The van der Waals surface area contributed by atoms with Gasteiger partial charge in [-0.3, -0.25) is 0 Å². The van der Waals surface area contributed by atoms with Gasteiger partial charge in [0.05, 0.1) is 0 Å². The SMILES string of the molecule is [CH2]C1=CC=CCC1. The summed E-state index contributed by atoms with van der Waals surface area (Å²) in [6.45, 7) is 3.81. The molecular weight excluding hydrogens is 84.1 g/mol. The Morgan fingerprint density at radius 3 is 2.71 bits per heavy atom. The summed E-state index contributed by atoms with van der Waals surface area (Å²) in [6, 6.07) is 0. The van der Waals surface area contributed by atoms with Crippen LogP contribution < -0.4 is 0 Å². The van der Waals surface area contributed by atoms with Gasteiger partial charge in [-0.25, -0.2) is 0 Å². The van der Waals surface area contributed by atoms with Crippen LogP contribution in [0.1, 0.15) is 12.8 Å². The van der Waals surface area contributed by atoms with Crippen molar-refractivity contribution in [2.24, 2.45) is 0 Å². The maximum absolute atomic E-state index is 3.81. The Morgan fingerprint density at radius 1 is 1.57 bits per heavy atom. The zero-order valence-corrected chi connectivity index (χ0v) is 4.35. The second-order valence-corrected chi connectivity index (χ2v) is 1.79. The third kappa shape index (κ3) is 1.19. The Kier molecular flexibility index (Phi) is 1.30. The van der Waals surface area contributed by atoms with Gasteiger partial charge in [-0.05, 0) is 19.8 Å². The van der Waals surface area contributed by atoms with E-state index in [1.54, 1.807) is 0 Å². The second-order valence-electron chi connectivity index (χ2n) is 1.79. The Labute approximate surface area is 44.5 Å². The topological polar surface area (TPSA) is 0 Å². The molecule has 0 aromatic rings. The predicted molar refractivity (Wildman–Crippen MR) is 31.8 cm³/mol. The summed E-state index contributed by atoms with van der Waals surface area (Å²) in [6.07, 6.45) is 8.61. The molecule has 0 bridgehead atoms. The van der Waals surface area contributed by atoms with Gasteiger partial charge in [0.15, 0.2) is 0 Å². The maximum atomic E-state index is 3.81. The summed E-state index contributed by atoms with van der Waals surface area (Å²) in [4.78, 5) is 0. The number of allylic oxidation sites excluding steroid dienone is 4. The lowest BCUT2D eigenvalue weighted by atomic mass is 10.1. The molecule has 0 atom stereocenters. The third-order valence-electron chi connectivity index (χ3n) is 1.10. The van der Waals surface area contributed by atoms with Crippen molar-refractivity contribution in [2.45, 2.75) is 12.8 Å². The molecule has 37 valence electrons. The molecule has 1 aliphatic carbocycles. The molecule has 0 unspecified atom stereocenters. The van der Waals surface area contributed by atoms with Gasteiger partial charge in [0, 0.05) is 0 Å². The van der Waals surface area contributed by atoms with Crippen molar-refractivity contribution >= 4 is 0 Å². The van der Waals surface area contributed by atoms with Crippen LogP contribution in [0, 0.1) is 6.92 Å². The standard InChI is InChI=1S/C7H9/c1-7-5-3-2-4-6-7/h2-3,5H,1,4,6H2. The van der Waals surface area contributed by atoms with Gasteiger partial charge in [0.2, 0.25) is 0 Å². The summed E-state index contributed by atoms with van der Waals surface area (Å²) >= 11 is 0. The first kappa shape index (κ1) is 4.63. The molecule has 0 spiro atoms. The second kappa shape index (κ2) is 1.97. The smallest absolute Gasteiger partial charge is 0.0280 e. The zero-order chi connectivity index (χ0) is 5.11. The lowest BCUT2D eigenvalue weighted by molar-refractivity contribution is 0.990. The van der Waals surface area contributed by atoms with Crippen molar-refractivity contribution in [3.63, 3.8) is 0 Å². The van der Waals surface area contributed by atoms with Crippen LogP contribution in [0.3, 0.4) is 0 Å². The highest BCUT2D eigenvalue weighted by Crippen LogP contribution is 2.08. The van der Waals surface area contributed by atoms with Crippen LogP contribution in [0.4, 0.5) is 0 Å². The number of hydrogen-bond donors (Lipinski definition) is 0. The zero-order valence-electron chi connectivity index (χ0n) is 4.35. The molecule has 0 heterocycles. The molecule has 0 amide bonds. The first-order chi connectivity index (χ1) is 3.39. The molecular formula is C7H9. The van der Waals surface area contributed by atoms with Gasteiger partial charge >= 0.3 is 0 Å². The normalized spacial score (nSPS) is 19.3. The van der Waals surface area contributed by atoms with Crippen molar-refractivity contribution in [1.29, 1.82) is 0 Å². The third-order valence-corrected chi connectivity index (χ3v) is 1.10. The molecule has 1 aliphatic rings. The number of hydrogen-bond acceptors (Lipinski definition) is 0. The highest BCUT2D eigenvalue weighted by Gasteiger charge is 1.88. The molecule has 1 radical (unpaired) electrons. The Bertz CT molecular complexity index is 107. The van der Waals surface area contributed by atoms with Gasteiger partial charge in [-0.2, -0.15) is 0 Å². The van der Waals surface area contributed by atoms with Crippen LogP contribution in [0.5, 0.6) is 0 Å². The summed E-state index contributed by atoms with van der Waals surface area (Å²) in [5.74, 6) is 0. The van der Waals surface area contributed by atoms with Gasteiger partial charge in [-0.15, -0.1) is 0 Å². The van der Waals surface area contributed by atoms with Crippen LogP contribution in [-0.2, 0) is 0 Å². The van der Waals surface area contributed by atoms with Crippen molar-refractivity contribution < 1.29 is 0 Å². The van der Waals surface area contributed by atoms with Crippen LogP contribution in [0.2, 0.25) is 0 Å². The van der Waals surface area contributed by atoms with Crippen LogP contribution >= 0.6 is 0 Å². The van der Waals surface area contributed by atoms with E-state index in [-0.39, 0.29) is 0 Å². The first-order valence-electron chi connectivity index (χ1n) is 2.57. The molecule has 0 N–H and O–H groups in total. The van der Waals surface area contributed by atoms with E-state index in [1.165, 1.54) is 12.0 Å². The highest BCUT2D eigenvalue weighted by atomic mass is 13.9. The fourth-order valence-corrected chi connectivity index (χ4v) is 0.652. The minimum Gasteiger partial charge on any atom is -0.0842 e.